The number of hydrogen-bond donors (Lipinski definition) is 1. The van der Waals surface area contributed by atoms with E-state index in [9.17, 15) is 0 Å². The lowest BCUT2D eigenvalue weighted by Crippen LogP contribution is -1.97. The summed E-state index contributed by atoms with van der Waals surface area (Å²) in [6.45, 7) is 4.88. The summed E-state index contributed by atoms with van der Waals surface area (Å²) in [5, 5.41) is 0.744. The highest BCUT2D eigenvalue weighted by molar-refractivity contribution is 6.31. The lowest BCUT2D eigenvalue weighted by atomic mass is 9.92. The Labute approximate surface area is 126 Å². The average molecular weight is 296 g/mol. The zero-order valence-corrected chi connectivity index (χ0v) is 12.8. The van der Waals surface area contributed by atoms with Gasteiger partial charge in [0.1, 0.15) is 0 Å². The van der Waals surface area contributed by atoms with Gasteiger partial charge in [0.05, 0.1) is 0 Å². The van der Waals surface area contributed by atoms with Crippen LogP contribution in [0.4, 0.5) is 0 Å². The molecule has 3 heteroatoms. The van der Waals surface area contributed by atoms with Crippen molar-refractivity contribution in [3.8, 4) is 11.1 Å². The first kappa shape index (κ1) is 16.0. The maximum Gasteiger partial charge on any atom is 0.0457 e. The SMILES string of the molecule is CC(C)c1ccccc1-c1ccc(CN)c(Cl)c1.Cl. The largest absolute Gasteiger partial charge is 0.326 e. The third kappa shape index (κ3) is 3.50. The molecule has 0 aliphatic carbocycles. The predicted molar refractivity (Wildman–Crippen MR) is 86.1 cm³/mol. The Morgan fingerprint density at radius 1 is 1.11 bits per heavy atom. The van der Waals surface area contributed by atoms with E-state index in [0.717, 1.165) is 16.1 Å². The van der Waals surface area contributed by atoms with E-state index < -0.39 is 0 Å². The Bertz CT molecular complexity index is 550. The van der Waals surface area contributed by atoms with Crippen molar-refractivity contribution in [2.45, 2.75) is 26.3 Å². The first-order valence-electron chi connectivity index (χ1n) is 6.21. The van der Waals surface area contributed by atoms with Gasteiger partial charge < -0.3 is 5.73 Å². The van der Waals surface area contributed by atoms with E-state index in [-0.39, 0.29) is 12.4 Å². The summed E-state index contributed by atoms with van der Waals surface area (Å²) in [4.78, 5) is 0. The Morgan fingerprint density at radius 2 is 1.79 bits per heavy atom. The predicted octanol–water partition coefficient (Wildman–Crippen LogP) is 5.01. The zero-order valence-electron chi connectivity index (χ0n) is 11.2. The van der Waals surface area contributed by atoms with E-state index in [1.165, 1.54) is 11.1 Å². The molecule has 2 N–H and O–H groups in total. The van der Waals surface area contributed by atoms with Gasteiger partial charge in [-0.15, -0.1) is 12.4 Å². The molecule has 2 aromatic carbocycles. The summed E-state index contributed by atoms with van der Waals surface area (Å²) in [6.07, 6.45) is 0. The van der Waals surface area contributed by atoms with Gasteiger partial charge in [0.15, 0.2) is 0 Å². The molecule has 0 atom stereocenters. The molecule has 0 unspecified atom stereocenters. The topological polar surface area (TPSA) is 26.0 Å². The molecule has 0 bridgehead atoms. The third-order valence-corrected chi connectivity index (χ3v) is 3.52. The van der Waals surface area contributed by atoms with Crippen molar-refractivity contribution in [2.24, 2.45) is 5.73 Å². The van der Waals surface area contributed by atoms with Crippen LogP contribution in [0.5, 0.6) is 0 Å². The van der Waals surface area contributed by atoms with Gasteiger partial charge in [-0.05, 0) is 34.2 Å². The van der Waals surface area contributed by atoms with E-state index in [1.807, 2.05) is 12.1 Å². The summed E-state index contributed by atoms with van der Waals surface area (Å²) >= 11 is 6.23. The van der Waals surface area contributed by atoms with Crippen LogP contribution in [0.15, 0.2) is 42.5 Å². The standard InChI is InChI=1S/C16H18ClN.ClH/c1-11(2)14-5-3-4-6-15(14)12-7-8-13(10-18)16(17)9-12;/h3-9,11H,10,18H2,1-2H3;1H. The minimum absolute atomic E-state index is 0. The van der Waals surface area contributed by atoms with Crippen molar-refractivity contribution in [3.63, 3.8) is 0 Å². The highest BCUT2D eigenvalue weighted by Crippen LogP contribution is 2.31. The van der Waals surface area contributed by atoms with Crippen LogP contribution in [0.1, 0.15) is 30.9 Å². The number of halogens is 2. The second kappa shape index (κ2) is 6.95. The molecule has 0 aromatic heterocycles. The van der Waals surface area contributed by atoms with Crippen LogP contribution in [0.2, 0.25) is 5.02 Å². The van der Waals surface area contributed by atoms with Crippen molar-refractivity contribution in [2.75, 3.05) is 0 Å². The van der Waals surface area contributed by atoms with Crippen LogP contribution >= 0.6 is 24.0 Å². The molecule has 0 spiro atoms. The molecule has 0 amide bonds. The molecule has 0 radical (unpaired) electrons. The molecule has 0 aliphatic rings. The molecule has 0 saturated carbocycles. The second-order valence-corrected chi connectivity index (χ2v) is 5.16. The summed E-state index contributed by atoms with van der Waals surface area (Å²) in [6, 6.07) is 14.6. The van der Waals surface area contributed by atoms with E-state index in [2.05, 4.69) is 44.2 Å². The molecular weight excluding hydrogens is 277 g/mol. The Morgan fingerprint density at radius 3 is 2.37 bits per heavy atom. The molecule has 0 aliphatic heterocycles. The van der Waals surface area contributed by atoms with Crippen LogP contribution in [0.25, 0.3) is 11.1 Å². The monoisotopic (exact) mass is 295 g/mol. The van der Waals surface area contributed by atoms with Crippen LogP contribution in [-0.2, 0) is 6.54 Å². The van der Waals surface area contributed by atoms with Gasteiger partial charge in [-0.2, -0.15) is 0 Å². The zero-order chi connectivity index (χ0) is 13.1. The normalized spacial score (nSPS) is 10.4. The number of hydrogen-bond acceptors (Lipinski definition) is 1. The molecule has 19 heavy (non-hydrogen) atoms. The van der Waals surface area contributed by atoms with Crippen molar-refractivity contribution >= 4 is 24.0 Å². The Balaban J connectivity index is 0.00000180. The average Bonchev–Trinajstić information content (AvgIpc) is 2.38. The third-order valence-electron chi connectivity index (χ3n) is 3.17. The van der Waals surface area contributed by atoms with E-state index in [4.69, 9.17) is 17.3 Å². The molecular formula is C16H19Cl2N. The molecule has 2 rings (SSSR count). The fraction of sp³-hybridized carbons (Fsp3) is 0.250. The van der Waals surface area contributed by atoms with Crippen molar-refractivity contribution < 1.29 is 0 Å². The highest BCUT2D eigenvalue weighted by atomic mass is 35.5. The van der Waals surface area contributed by atoms with Crippen LogP contribution in [0, 0.1) is 0 Å². The lowest BCUT2D eigenvalue weighted by Gasteiger charge is -2.13. The van der Waals surface area contributed by atoms with Gasteiger partial charge in [-0.3, -0.25) is 0 Å². The van der Waals surface area contributed by atoms with Crippen molar-refractivity contribution in [3.05, 3.63) is 58.6 Å². The first-order chi connectivity index (χ1) is 8.63. The minimum atomic E-state index is 0. The first-order valence-corrected chi connectivity index (χ1v) is 6.59. The van der Waals surface area contributed by atoms with Crippen LogP contribution < -0.4 is 5.73 Å². The summed E-state index contributed by atoms with van der Waals surface area (Å²) < 4.78 is 0. The highest BCUT2D eigenvalue weighted by Gasteiger charge is 2.09. The molecule has 0 heterocycles. The van der Waals surface area contributed by atoms with Gasteiger partial charge >= 0.3 is 0 Å². The van der Waals surface area contributed by atoms with E-state index in [0.29, 0.717) is 12.5 Å². The smallest absolute Gasteiger partial charge is 0.0457 e. The number of benzene rings is 2. The second-order valence-electron chi connectivity index (χ2n) is 4.75. The Hall–Kier alpha value is -1.02. The number of rotatable bonds is 3. The molecule has 102 valence electrons. The molecule has 2 aromatic rings. The quantitative estimate of drug-likeness (QED) is 0.846. The van der Waals surface area contributed by atoms with Crippen LogP contribution in [0.3, 0.4) is 0 Å². The summed E-state index contributed by atoms with van der Waals surface area (Å²) in [5.41, 5.74) is 10.4. The van der Waals surface area contributed by atoms with Gasteiger partial charge in [0, 0.05) is 11.6 Å². The summed E-state index contributed by atoms with van der Waals surface area (Å²) in [5.74, 6) is 0.495. The van der Waals surface area contributed by atoms with Crippen LogP contribution in [-0.4, -0.2) is 0 Å². The molecule has 0 fully saturated rings. The van der Waals surface area contributed by atoms with E-state index in [1.54, 1.807) is 0 Å². The van der Waals surface area contributed by atoms with Crippen molar-refractivity contribution in [1.29, 1.82) is 0 Å². The fourth-order valence-electron chi connectivity index (χ4n) is 2.14. The Kier molecular flexibility index (Phi) is 5.86. The minimum Gasteiger partial charge on any atom is -0.326 e. The maximum absolute atomic E-state index is 6.23. The van der Waals surface area contributed by atoms with E-state index >= 15 is 0 Å². The lowest BCUT2D eigenvalue weighted by molar-refractivity contribution is 0.869. The van der Waals surface area contributed by atoms with Gasteiger partial charge in [-0.25, -0.2) is 0 Å². The van der Waals surface area contributed by atoms with Gasteiger partial charge in [-0.1, -0.05) is 61.8 Å². The maximum atomic E-state index is 6.23. The fourth-order valence-corrected chi connectivity index (χ4v) is 2.40. The summed E-state index contributed by atoms with van der Waals surface area (Å²) in [7, 11) is 0. The molecule has 1 nitrogen and oxygen atoms in total. The van der Waals surface area contributed by atoms with Gasteiger partial charge in [0.25, 0.3) is 0 Å². The van der Waals surface area contributed by atoms with Gasteiger partial charge in [0.2, 0.25) is 0 Å². The number of nitrogens with two attached hydrogens (primary N) is 1. The van der Waals surface area contributed by atoms with Crippen molar-refractivity contribution in [1.82, 2.24) is 0 Å². The molecule has 0 saturated heterocycles.